The van der Waals surface area contributed by atoms with E-state index in [-0.39, 0.29) is 24.9 Å². The molecule has 0 aliphatic carbocycles. The molecule has 0 bridgehead atoms. The van der Waals surface area contributed by atoms with Crippen molar-refractivity contribution in [1.82, 2.24) is 4.90 Å². The Morgan fingerprint density at radius 2 is 1.82 bits per heavy atom. The van der Waals surface area contributed by atoms with Gasteiger partial charge in [0.25, 0.3) is 0 Å². The van der Waals surface area contributed by atoms with Crippen LogP contribution in [0.2, 0.25) is 5.02 Å². The van der Waals surface area contributed by atoms with Crippen LogP contribution in [0.15, 0.2) is 48.5 Å². The molecule has 6 heteroatoms. The number of aliphatic hydroxyl groups is 1. The van der Waals surface area contributed by atoms with Gasteiger partial charge in [0, 0.05) is 0 Å². The minimum atomic E-state index is -1.13. The maximum Gasteiger partial charge on any atom is 0.322 e. The summed E-state index contributed by atoms with van der Waals surface area (Å²) in [5.74, 6) is -0.361. The number of benzene rings is 2. The molecular formula is C16H14ClFN2O2. The van der Waals surface area contributed by atoms with Gasteiger partial charge in [0.2, 0.25) is 0 Å². The highest BCUT2D eigenvalue weighted by Gasteiger charge is 2.45. The van der Waals surface area contributed by atoms with E-state index in [9.17, 15) is 14.3 Å². The van der Waals surface area contributed by atoms with Crippen LogP contribution < -0.4 is 5.32 Å². The first-order valence-electron chi connectivity index (χ1n) is 6.77. The fourth-order valence-corrected chi connectivity index (χ4v) is 2.61. The SMILES string of the molecule is O=C(Nc1ccccc1Cl)N1CC(O)(c2ccc(F)cc2)C1. The van der Waals surface area contributed by atoms with Gasteiger partial charge >= 0.3 is 6.03 Å². The number of rotatable bonds is 2. The Kier molecular flexibility index (Phi) is 3.76. The second-order valence-corrected chi connectivity index (χ2v) is 5.71. The van der Waals surface area contributed by atoms with E-state index < -0.39 is 5.60 Å². The molecule has 1 fully saturated rings. The molecule has 1 saturated heterocycles. The Morgan fingerprint density at radius 1 is 1.18 bits per heavy atom. The molecule has 0 aromatic heterocycles. The van der Waals surface area contributed by atoms with Gasteiger partial charge in [0.15, 0.2) is 0 Å². The predicted octanol–water partition coefficient (Wildman–Crippen LogP) is 3.21. The monoisotopic (exact) mass is 320 g/mol. The number of carbonyl (C=O) groups is 1. The Hall–Kier alpha value is -2.11. The van der Waals surface area contributed by atoms with E-state index in [4.69, 9.17) is 11.6 Å². The minimum Gasteiger partial charge on any atom is -0.381 e. The zero-order valence-corrected chi connectivity index (χ0v) is 12.3. The lowest BCUT2D eigenvalue weighted by molar-refractivity contribution is -0.0793. The van der Waals surface area contributed by atoms with Crippen LogP contribution >= 0.6 is 11.6 Å². The first kappa shape index (κ1) is 14.8. The van der Waals surface area contributed by atoms with E-state index in [2.05, 4.69) is 5.32 Å². The fourth-order valence-electron chi connectivity index (χ4n) is 2.43. The number of para-hydroxylation sites is 1. The second kappa shape index (κ2) is 5.59. The molecule has 2 N–H and O–H groups in total. The molecule has 1 aliphatic rings. The number of hydrogen-bond acceptors (Lipinski definition) is 2. The largest absolute Gasteiger partial charge is 0.381 e. The van der Waals surface area contributed by atoms with E-state index >= 15 is 0 Å². The van der Waals surface area contributed by atoms with Crippen molar-refractivity contribution in [2.45, 2.75) is 5.60 Å². The fraction of sp³-hybridized carbons (Fsp3) is 0.188. The summed E-state index contributed by atoms with van der Waals surface area (Å²) < 4.78 is 12.9. The van der Waals surface area contributed by atoms with E-state index in [1.165, 1.54) is 29.2 Å². The van der Waals surface area contributed by atoms with Gasteiger partial charge in [-0.25, -0.2) is 9.18 Å². The number of β-amino-alcohol motifs (C(OH)–C–C–N with tert-alkyl or cyclic N) is 1. The normalized spacial score (nSPS) is 16.0. The second-order valence-electron chi connectivity index (χ2n) is 5.30. The van der Waals surface area contributed by atoms with Gasteiger partial charge in [-0.3, -0.25) is 0 Å². The minimum absolute atomic E-state index is 0.148. The summed E-state index contributed by atoms with van der Waals surface area (Å²) in [6.45, 7) is 0.295. The Labute approximate surface area is 132 Å². The van der Waals surface area contributed by atoms with Crippen molar-refractivity contribution in [2.24, 2.45) is 0 Å². The lowest BCUT2D eigenvalue weighted by Crippen LogP contribution is -2.62. The number of anilines is 1. The summed E-state index contributed by atoms with van der Waals surface area (Å²) in [6, 6.07) is 12.2. The van der Waals surface area contributed by atoms with Gasteiger partial charge in [0.1, 0.15) is 11.4 Å². The summed E-state index contributed by atoms with van der Waals surface area (Å²) in [6.07, 6.45) is 0. The molecule has 2 aromatic carbocycles. The van der Waals surface area contributed by atoms with Crippen molar-refractivity contribution in [3.05, 3.63) is 64.9 Å². The average Bonchev–Trinajstić information content (AvgIpc) is 2.47. The zero-order chi connectivity index (χ0) is 15.7. The van der Waals surface area contributed by atoms with Crippen LogP contribution in [0, 0.1) is 5.82 Å². The van der Waals surface area contributed by atoms with E-state index in [1.807, 2.05) is 0 Å². The number of carbonyl (C=O) groups excluding carboxylic acids is 1. The molecule has 1 heterocycles. The third kappa shape index (κ3) is 2.77. The van der Waals surface area contributed by atoms with Crippen molar-refractivity contribution in [2.75, 3.05) is 18.4 Å². The average molecular weight is 321 g/mol. The van der Waals surface area contributed by atoms with Crippen LogP contribution in [0.3, 0.4) is 0 Å². The standard InChI is InChI=1S/C16H14ClFN2O2/c17-13-3-1-2-4-14(13)19-15(21)20-9-16(22,10-20)11-5-7-12(18)8-6-11/h1-8,22H,9-10H2,(H,19,21). The molecule has 22 heavy (non-hydrogen) atoms. The molecule has 2 amide bonds. The molecule has 0 atom stereocenters. The number of hydrogen-bond donors (Lipinski definition) is 2. The Bertz CT molecular complexity index is 700. The number of amides is 2. The van der Waals surface area contributed by atoms with Gasteiger partial charge in [-0.05, 0) is 29.8 Å². The maximum atomic E-state index is 12.9. The Balaban J connectivity index is 1.64. The van der Waals surface area contributed by atoms with Crippen molar-refractivity contribution in [1.29, 1.82) is 0 Å². The Morgan fingerprint density at radius 3 is 2.45 bits per heavy atom. The maximum absolute atomic E-state index is 12.9. The quantitative estimate of drug-likeness (QED) is 0.892. The molecule has 0 saturated carbocycles. The lowest BCUT2D eigenvalue weighted by atomic mass is 9.86. The molecule has 0 radical (unpaired) electrons. The smallest absolute Gasteiger partial charge is 0.322 e. The summed E-state index contributed by atoms with van der Waals surface area (Å²) in [4.78, 5) is 13.6. The summed E-state index contributed by atoms with van der Waals surface area (Å²) in [7, 11) is 0. The molecule has 4 nitrogen and oxygen atoms in total. The van der Waals surface area contributed by atoms with Crippen LogP contribution in [-0.4, -0.2) is 29.1 Å². The van der Waals surface area contributed by atoms with Crippen LogP contribution in [0.25, 0.3) is 0 Å². The third-order valence-electron chi connectivity index (χ3n) is 3.69. The van der Waals surface area contributed by atoms with Crippen molar-refractivity contribution < 1.29 is 14.3 Å². The zero-order valence-electron chi connectivity index (χ0n) is 11.6. The van der Waals surface area contributed by atoms with Crippen LogP contribution in [0.5, 0.6) is 0 Å². The van der Waals surface area contributed by atoms with Gasteiger partial charge in [0.05, 0.1) is 23.8 Å². The molecule has 0 unspecified atom stereocenters. The third-order valence-corrected chi connectivity index (χ3v) is 4.02. The van der Waals surface area contributed by atoms with E-state index in [0.29, 0.717) is 16.3 Å². The molecule has 0 spiro atoms. The highest BCUT2D eigenvalue weighted by Crippen LogP contribution is 2.32. The van der Waals surface area contributed by atoms with Gasteiger partial charge in [-0.15, -0.1) is 0 Å². The summed E-state index contributed by atoms with van der Waals surface area (Å²) >= 11 is 5.98. The van der Waals surface area contributed by atoms with Crippen molar-refractivity contribution in [3.8, 4) is 0 Å². The number of urea groups is 1. The molecule has 1 aliphatic heterocycles. The van der Waals surface area contributed by atoms with Gasteiger partial charge < -0.3 is 15.3 Å². The van der Waals surface area contributed by atoms with Gasteiger partial charge in [-0.2, -0.15) is 0 Å². The first-order chi connectivity index (χ1) is 10.5. The summed E-state index contributed by atoms with van der Waals surface area (Å²) in [5.41, 5.74) is -0.0204. The van der Waals surface area contributed by atoms with Gasteiger partial charge in [-0.1, -0.05) is 35.9 Å². The molecular weight excluding hydrogens is 307 g/mol. The van der Waals surface area contributed by atoms with Crippen LogP contribution in [-0.2, 0) is 5.60 Å². The molecule has 3 rings (SSSR count). The summed E-state index contributed by atoms with van der Waals surface area (Å²) in [5, 5.41) is 13.6. The van der Waals surface area contributed by atoms with E-state index in [0.717, 1.165) is 0 Å². The highest BCUT2D eigenvalue weighted by atomic mass is 35.5. The molecule has 114 valence electrons. The number of halogens is 2. The number of nitrogens with one attached hydrogen (secondary N) is 1. The number of nitrogens with zero attached hydrogens (tertiary/aromatic N) is 1. The van der Waals surface area contributed by atoms with Crippen LogP contribution in [0.4, 0.5) is 14.9 Å². The first-order valence-corrected chi connectivity index (χ1v) is 7.15. The van der Waals surface area contributed by atoms with Crippen molar-refractivity contribution in [3.63, 3.8) is 0 Å². The molecule has 2 aromatic rings. The topological polar surface area (TPSA) is 52.6 Å². The van der Waals surface area contributed by atoms with Crippen LogP contribution in [0.1, 0.15) is 5.56 Å². The number of likely N-dealkylation sites (tertiary alicyclic amines) is 1. The predicted molar refractivity (Wildman–Crippen MR) is 82.3 cm³/mol. The van der Waals surface area contributed by atoms with E-state index in [1.54, 1.807) is 24.3 Å². The lowest BCUT2D eigenvalue weighted by Gasteiger charge is -2.46. The van der Waals surface area contributed by atoms with Crippen molar-refractivity contribution >= 4 is 23.3 Å². The highest BCUT2D eigenvalue weighted by molar-refractivity contribution is 6.33.